The molecule has 3 rings (SSSR count). The van der Waals surface area contributed by atoms with Crippen LogP contribution in [0.1, 0.15) is 72.8 Å². The predicted octanol–water partition coefficient (Wildman–Crippen LogP) is -2.12. The van der Waals surface area contributed by atoms with Gasteiger partial charge < -0.3 is 63.3 Å². The standard InChI is InChI=1S/C39H59N9O11/c1-18(2)14-24(40)33(52)46-31(20(5)49)37(56)47-32(21(6)50)38(57)48-13-9-12-28(48)36(55)44-27(16-29(41)51)34(53)43-26(35(54)45-30(19(3)4)39(58)59)15-22-17-42-25-11-8-7-10-23(22)25/h7-8,10-11,17-21,24,26-28,30-32,42,49-50H,9,12-16,40H2,1-6H3,(H2,41,51)(H,43,53)(H,44,55)(H,45,54)(H,46,52)(H,47,56)(H,58,59)/t20-,21-,24+,26+,27+,28+,30+,31+,32+/m1/s1. The molecule has 2 heterocycles. The number of likely N-dealkylation sites (tertiary alicyclic amines) is 1. The lowest BCUT2D eigenvalue weighted by atomic mass is 10.0. The summed E-state index contributed by atoms with van der Waals surface area (Å²) in [5, 5.41) is 43.6. The number of para-hydroxylation sites is 1. The van der Waals surface area contributed by atoms with E-state index in [2.05, 4.69) is 31.6 Å². The van der Waals surface area contributed by atoms with Crippen molar-refractivity contribution in [2.45, 2.75) is 128 Å². The van der Waals surface area contributed by atoms with Crippen LogP contribution in [0.2, 0.25) is 0 Å². The molecule has 7 amide bonds. The van der Waals surface area contributed by atoms with Crippen LogP contribution >= 0.6 is 0 Å². The molecule has 9 atom stereocenters. The molecule has 0 saturated carbocycles. The Morgan fingerprint density at radius 2 is 1.39 bits per heavy atom. The number of amides is 7. The number of aliphatic hydroxyl groups is 2. The van der Waals surface area contributed by atoms with Gasteiger partial charge in [0.2, 0.25) is 41.4 Å². The molecule has 0 unspecified atom stereocenters. The second-order valence-corrected chi connectivity index (χ2v) is 15.8. The number of hydrogen-bond acceptors (Lipinski definition) is 11. The molecule has 0 spiro atoms. The number of nitrogens with two attached hydrogens (primary N) is 2. The van der Waals surface area contributed by atoms with E-state index in [1.54, 1.807) is 44.3 Å². The summed E-state index contributed by atoms with van der Waals surface area (Å²) < 4.78 is 0. The first-order valence-corrected chi connectivity index (χ1v) is 19.6. The van der Waals surface area contributed by atoms with Crippen molar-refractivity contribution in [3.63, 3.8) is 0 Å². The van der Waals surface area contributed by atoms with Gasteiger partial charge in [0.05, 0.1) is 24.7 Å². The molecule has 13 N–H and O–H groups in total. The number of aliphatic carboxylic acids is 1. The number of carboxylic acid groups (broad SMARTS) is 1. The fourth-order valence-electron chi connectivity index (χ4n) is 6.84. The van der Waals surface area contributed by atoms with E-state index in [1.807, 2.05) is 13.8 Å². The summed E-state index contributed by atoms with van der Waals surface area (Å²) in [6.45, 7) is 9.35. The number of fused-ring (bicyclic) bond motifs is 1. The van der Waals surface area contributed by atoms with Crippen LogP contribution in [0.5, 0.6) is 0 Å². The smallest absolute Gasteiger partial charge is 0.326 e. The highest BCUT2D eigenvalue weighted by Crippen LogP contribution is 2.22. The quantitative estimate of drug-likeness (QED) is 0.0644. The summed E-state index contributed by atoms with van der Waals surface area (Å²) in [4.78, 5) is 110. The molecule has 1 fully saturated rings. The summed E-state index contributed by atoms with van der Waals surface area (Å²) in [6, 6.07) is -2.63. The molecular weight excluding hydrogens is 770 g/mol. The number of carboxylic acids is 1. The zero-order valence-corrected chi connectivity index (χ0v) is 34.2. The Morgan fingerprint density at radius 3 is 1.97 bits per heavy atom. The minimum absolute atomic E-state index is 0.00320. The van der Waals surface area contributed by atoms with E-state index in [1.165, 1.54) is 13.8 Å². The van der Waals surface area contributed by atoms with Crippen molar-refractivity contribution in [3.05, 3.63) is 36.0 Å². The average molecular weight is 830 g/mol. The average Bonchev–Trinajstić information content (AvgIpc) is 3.81. The molecule has 20 heteroatoms. The van der Waals surface area contributed by atoms with Crippen LogP contribution in [0.4, 0.5) is 0 Å². The Labute approximate surface area is 341 Å². The molecule has 0 bridgehead atoms. The van der Waals surface area contributed by atoms with Gasteiger partial charge in [-0.2, -0.15) is 0 Å². The Morgan fingerprint density at radius 1 is 0.797 bits per heavy atom. The molecule has 1 aromatic carbocycles. The third kappa shape index (κ3) is 13.2. The predicted molar refractivity (Wildman–Crippen MR) is 213 cm³/mol. The van der Waals surface area contributed by atoms with Gasteiger partial charge in [0.25, 0.3) is 0 Å². The van der Waals surface area contributed by atoms with Crippen LogP contribution < -0.4 is 38.1 Å². The second kappa shape index (κ2) is 21.4. The van der Waals surface area contributed by atoms with Gasteiger partial charge in [-0.25, -0.2) is 4.79 Å². The maximum Gasteiger partial charge on any atom is 0.326 e. The van der Waals surface area contributed by atoms with Gasteiger partial charge in [-0.1, -0.05) is 45.9 Å². The monoisotopic (exact) mass is 829 g/mol. The van der Waals surface area contributed by atoms with E-state index in [0.717, 1.165) is 15.8 Å². The number of nitrogens with zero attached hydrogens (tertiary/aromatic N) is 1. The van der Waals surface area contributed by atoms with Gasteiger partial charge in [0, 0.05) is 30.1 Å². The lowest BCUT2D eigenvalue weighted by Gasteiger charge is -2.32. The number of carbonyl (C=O) groups excluding carboxylic acids is 7. The number of primary amides is 1. The summed E-state index contributed by atoms with van der Waals surface area (Å²) >= 11 is 0. The summed E-state index contributed by atoms with van der Waals surface area (Å²) in [7, 11) is 0. The highest BCUT2D eigenvalue weighted by atomic mass is 16.4. The molecule has 1 aromatic heterocycles. The van der Waals surface area contributed by atoms with Gasteiger partial charge in [0.15, 0.2) is 0 Å². The normalized spacial score (nSPS) is 18.2. The number of H-pyrrole nitrogens is 1. The van der Waals surface area contributed by atoms with Crippen molar-refractivity contribution < 1.29 is 53.7 Å². The highest BCUT2D eigenvalue weighted by Gasteiger charge is 2.42. The van der Waals surface area contributed by atoms with Gasteiger partial charge >= 0.3 is 5.97 Å². The molecule has 59 heavy (non-hydrogen) atoms. The first-order chi connectivity index (χ1) is 27.6. The largest absolute Gasteiger partial charge is 0.480 e. The lowest BCUT2D eigenvalue weighted by Crippen LogP contribution is -2.62. The Hall–Kier alpha value is -5.60. The van der Waals surface area contributed by atoms with Crippen LogP contribution in [0.3, 0.4) is 0 Å². The number of aromatic nitrogens is 1. The van der Waals surface area contributed by atoms with Crippen LogP contribution in [0.25, 0.3) is 10.9 Å². The Balaban J connectivity index is 1.83. The number of aliphatic hydroxyl groups excluding tert-OH is 2. The highest BCUT2D eigenvalue weighted by molar-refractivity contribution is 5.99. The van der Waals surface area contributed by atoms with E-state index in [4.69, 9.17) is 11.5 Å². The van der Waals surface area contributed by atoms with Gasteiger partial charge in [-0.15, -0.1) is 0 Å². The van der Waals surface area contributed by atoms with Crippen LogP contribution in [0, 0.1) is 11.8 Å². The Bertz CT molecular complexity index is 1850. The summed E-state index contributed by atoms with van der Waals surface area (Å²) in [6.07, 6.45) is -1.49. The number of nitrogens with one attached hydrogen (secondary N) is 6. The number of rotatable bonds is 21. The van der Waals surface area contributed by atoms with Gasteiger partial charge in [0.1, 0.15) is 36.3 Å². The lowest BCUT2D eigenvalue weighted by molar-refractivity contribution is -0.145. The fourth-order valence-corrected chi connectivity index (χ4v) is 6.84. The van der Waals surface area contributed by atoms with Crippen molar-refractivity contribution >= 4 is 58.2 Å². The van der Waals surface area contributed by atoms with Gasteiger partial charge in [-0.05, 0) is 56.6 Å². The summed E-state index contributed by atoms with van der Waals surface area (Å²) in [5.74, 6) is -8.09. The minimum Gasteiger partial charge on any atom is -0.480 e. The number of carbonyl (C=O) groups is 8. The van der Waals surface area contributed by atoms with E-state index in [-0.39, 0.29) is 25.3 Å². The molecule has 326 valence electrons. The van der Waals surface area contributed by atoms with Crippen LogP contribution in [-0.4, -0.2) is 134 Å². The van der Waals surface area contributed by atoms with Crippen molar-refractivity contribution in [2.75, 3.05) is 6.54 Å². The molecular formula is C39H59N9O11. The summed E-state index contributed by atoms with van der Waals surface area (Å²) in [5.41, 5.74) is 12.7. The zero-order valence-electron chi connectivity index (χ0n) is 34.2. The van der Waals surface area contributed by atoms with E-state index >= 15 is 0 Å². The number of aromatic amines is 1. The number of benzene rings is 1. The van der Waals surface area contributed by atoms with E-state index < -0.39 is 114 Å². The molecule has 0 aliphatic carbocycles. The van der Waals surface area contributed by atoms with Crippen LogP contribution in [-0.2, 0) is 44.8 Å². The fraction of sp³-hybridized carbons (Fsp3) is 0.590. The van der Waals surface area contributed by atoms with Crippen molar-refractivity contribution in [1.29, 1.82) is 0 Å². The first-order valence-electron chi connectivity index (χ1n) is 19.6. The zero-order chi connectivity index (χ0) is 44.3. The Kier molecular flexibility index (Phi) is 17.3. The maximum atomic E-state index is 13.9. The number of hydrogen-bond donors (Lipinski definition) is 11. The molecule has 0 radical (unpaired) electrons. The van der Waals surface area contributed by atoms with Gasteiger partial charge in [-0.3, -0.25) is 33.6 Å². The van der Waals surface area contributed by atoms with Crippen molar-refractivity contribution in [2.24, 2.45) is 23.3 Å². The first kappa shape index (κ1) is 47.8. The van der Waals surface area contributed by atoms with Crippen LogP contribution in [0.15, 0.2) is 30.5 Å². The second-order valence-electron chi connectivity index (χ2n) is 15.8. The maximum absolute atomic E-state index is 13.9. The molecule has 1 aliphatic rings. The third-order valence-electron chi connectivity index (χ3n) is 10.0. The molecule has 1 saturated heterocycles. The molecule has 20 nitrogen and oxygen atoms in total. The third-order valence-corrected chi connectivity index (χ3v) is 10.0. The van der Waals surface area contributed by atoms with Crippen molar-refractivity contribution in [3.8, 4) is 0 Å². The molecule has 2 aromatic rings. The minimum atomic E-state index is -1.65. The van der Waals surface area contributed by atoms with E-state index in [0.29, 0.717) is 18.4 Å². The SMILES string of the molecule is CC(C)C[C@H](N)C(=O)N[C@H](C(=O)N[C@H](C(=O)N1CCC[C@H]1C(=O)N[C@@H](CC(N)=O)C(=O)N[C@@H](Cc1c[nH]c2ccccc12)C(=O)N[C@H](C(=O)O)C(C)C)[C@@H](C)O)[C@@H](C)O. The topological polar surface area (TPSA) is 328 Å². The van der Waals surface area contributed by atoms with Crippen molar-refractivity contribution in [1.82, 2.24) is 36.5 Å². The molecule has 1 aliphatic heterocycles. The van der Waals surface area contributed by atoms with E-state index in [9.17, 15) is 53.7 Å².